The minimum atomic E-state index is -0.286. The highest BCUT2D eigenvalue weighted by molar-refractivity contribution is 5.97. The van der Waals surface area contributed by atoms with Crippen molar-refractivity contribution in [3.05, 3.63) is 131 Å². The van der Waals surface area contributed by atoms with Crippen molar-refractivity contribution >= 4 is 21.9 Å². The summed E-state index contributed by atoms with van der Waals surface area (Å²) in [6, 6.07) is 37.1. The summed E-state index contributed by atoms with van der Waals surface area (Å²) in [6.07, 6.45) is 0. The third-order valence-corrected chi connectivity index (χ3v) is 11.1. The average Bonchev–Trinajstić information content (AvgIpc) is 3.52. The van der Waals surface area contributed by atoms with Gasteiger partial charge in [0.1, 0.15) is 11.6 Å². The Labute approximate surface area is 328 Å². The van der Waals surface area contributed by atoms with E-state index in [0.29, 0.717) is 11.7 Å². The number of benzene rings is 5. The number of aromatic hydroxyl groups is 1. The van der Waals surface area contributed by atoms with Crippen molar-refractivity contribution in [3.63, 3.8) is 0 Å². The van der Waals surface area contributed by atoms with Gasteiger partial charge >= 0.3 is 0 Å². The first-order valence-corrected chi connectivity index (χ1v) is 20.0. The molecule has 4 nitrogen and oxygen atoms in total. The van der Waals surface area contributed by atoms with Crippen molar-refractivity contribution in [2.24, 2.45) is 0 Å². The fraction of sp³-hybridized carbons (Fsp3) is 0.333. The molecule has 0 fully saturated rings. The Balaban J connectivity index is 1.60. The lowest BCUT2D eigenvalue weighted by molar-refractivity contribution is 0.446. The van der Waals surface area contributed by atoms with Crippen molar-refractivity contribution in [1.29, 1.82) is 0 Å². The predicted molar refractivity (Wildman–Crippen MR) is 234 cm³/mol. The van der Waals surface area contributed by atoms with E-state index in [-0.39, 0.29) is 22.7 Å². The number of phenolic OH excluding ortho intramolecular Hbond substituents is 1. The SMILES string of the molecule is CC(C)c1cc(-c2ccc3ccccc3n2)cc(-c2cccc3c2nc(-c2cc(C(C)(C)C)cc(C(C)(C)C)c2O)n3-c2c(C(C)C)cccc2C(C)C)c1. The molecular weight excluding hydrogens is 671 g/mol. The third-order valence-electron chi connectivity index (χ3n) is 11.1. The van der Waals surface area contributed by atoms with Gasteiger partial charge in [-0.1, -0.05) is 150 Å². The van der Waals surface area contributed by atoms with E-state index in [4.69, 9.17) is 9.97 Å². The number of phenols is 1. The smallest absolute Gasteiger partial charge is 0.149 e. The van der Waals surface area contributed by atoms with Crippen LogP contribution in [0.5, 0.6) is 5.75 Å². The van der Waals surface area contributed by atoms with Gasteiger partial charge < -0.3 is 5.11 Å². The number of hydrogen-bond donors (Lipinski definition) is 1. The molecule has 282 valence electrons. The Morgan fingerprint density at radius 1 is 0.582 bits per heavy atom. The highest BCUT2D eigenvalue weighted by atomic mass is 16.3. The molecule has 0 atom stereocenters. The first-order valence-electron chi connectivity index (χ1n) is 20.0. The maximum absolute atomic E-state index is 12.4. The summed E-state index contributed by atoms with van der Waals surface area (Å²) in [6.45, 7) is 26.8. The predicted octanol–water partition coefficient (Wildman–Crippen LogP) is 14.2. The third kappa shape index (κ3) is 7.08. The van der Waals surface area contributed by atoms with Gasteiger partial charge in [-0.25, -0.2) is 9.97 Å². The molecule has 2 aromatic heterocycles. The first kappa shape index (κ1) is 38.1. The van der Waals surface area contributed by atoms with Crippen LogP contribution in [0.3, 0.4) is 0 Å². The van der Waals surface area contributed by atoms with E-state index in [1.165, 1.54) is 22.3 Å². The van der Waals surface area contributed by atoms with Crippen LogP contribution in [0.15, 0.2) is 103 Å². The van der Waals surface area contributed by atoms with Crippen LogP contribution in [0.2, 0.25) is 0 Å². The summed E-state index contributed by atoms with van der Waals surface area (Å²) in [5.74, 6) is 1.88. The van der Waals surface area contributed by atoms with Crippen molar-refractivity contribution in [1.82, 2.24) is 14.5 Å². The molecule has 0 aliphatic carbocycles. The van der Waals surface area contributed by atoms with Gasteiger partial charge in [0.05, 0.1) is 33.5 Å². The lowest BCUT2D eigenvalue weighted by atomic mass is 9.79. The minimum Gasteiger partial charge on any atom is -0.507 e. The number of nitrogens with zero attached hydrogens (tertiary/aromatic N) is 3. The molecule has 0 saturated carbocycles. The molecule has 55 heavy (non-hydrogen) atoms. The summed E-state index contributed by atoms with van der Waals surface area (Å²) in [7, 11) is 0. The van der Waals surface area contributed by atoms with Gasteiger partial charge in [0.15, 0.2) is 0 Å². The molecule has 7 rings (SSSR count). The summed E-state index contributed by atoms with van der Waals surface area (Å²) in [5.41, 5.74) is 14.4. The van der Waals surface area contributed by atoms with Crippen LogP contribution in [-0.4, -0.2) is 19.6 Å². The van der Waals surface area contributed by atoms with Gasteiger partial charge in [-0.05, 0) is 92.8 Å². The standard InChI is InChI=1S/C51H57N3O/c1-30(2)34-25-35(27-36(26-34)44-24-23-33-17-13-14-21-43(33)52-44)40-20-16-22-45-46(40)53-49(54(45)47-38(31(3)4)18-15-19-39(47)32(5)6)41-28-37(50(7,8)9)29-42(48(41)55)51(10,11)12/h13-32,55H,1-12H3. The number of fused-ring (bicyclic) bond motifs is 2. The van der Waals surface area contributed by atoms with E-state index < -0.39 is 0 Å². The van der Waals surface area contributed by atoms with Gasteiger partial charge in [0, 0.05) is 22.1 Å². The quantitative estimate of drug-likeness (QED) is 0.178. The second kappa shape index (κ2) is 14.1. The van der Waals surface area contributed by atoms with Gasteiger partial charge in [-0.15, -0.1) is 0 Å². The van der Waals surface area contributed by atoms with E-state index in [9.17, 15) is 5.11 Å². The van der Waals surface area contributed by atoms with Gasteiger partial charge in [-0.3, -0.25) is 4.57 Å². The Kier molecular flexibility index (Phi) is 9.78. The molecular formula is C51H57N3O. The number of para-hydroxylation sites is 3. The van der Waals surface area contributed by atoms with E-state index in [0.717, 1.165) is 67.0 Å². The number of imidazole rings is 1. The average molecular weight is 728 g/mol. The molecule has 0 aliphatic heterocycles. The van der Waals surface area contributed by atoms with Crippen LogP contribution in [0.4, 0.5) is 0 Å². The van der Waals surface area contributed by atoms with E-state index in [1.807, 2.05) is 6.07 Å². The fourth-order valence-corrected chi connectivity index (χ4v) is 7.83. The molecule has 4 heteroatoms. The Bertz CT molecular complexity index is 2530. The normalized spacial score (nSPS) is 12.6. The van der Waals surface area contributed by atoms with Crippen LogP contribution in [-0.2, 0) is 10.8 Å². The Morgan fingerprint density at radius 2 is 1.24 bits per heavy atom. The van der Waals surface area contributed by atoms with Crippen molar-refractivity contribution in [2.45, 2.75) is 112 Å². The second-order valence-electron chi connectivity index (χ2n) is 18.3. The molecule has 0 aliphatic rings. The van der Waals surface area contributed by atoms with Crippen molar-refractivity contribution in [3.8, 4) is 45.2 Å². The maximum Gasteiger partial charge on any atom is 0.149 e. The van der Waals surface area contributed by atoms with Crippen LogP contribution < -0.4 is 0 Å². The van der Waals surface area contributed by atoms with Crippen LogP contribution in [0, 0.1) is 0 Å². The molecule has 7 aromatic rings. The molecule has 0 radical (unpaired) electrons. The molecule has 0 unspecified atom stereocenters. The number of aromatic nitrogens is 3. The largest absolute Gasteiger partial charge is 0.507 e. The number of rotatable bonds is 7. The number of pyridine rings is 1. The van der Waals surface area contributed by atoms with Crippen molar-refractivity contribution < 1.29 is 5.11 Å². The van der Waals surface area contributed by atoms with E-state index >= 15 is 0 Å². The highest BCUT2D eigenvalue weighted by Gasteiger charge is 2.30. The van der Waals surface area contributed by atoms with Crippen molar-refractivity contribution in [2.75, 3.05) is 0 Å². The van der Waals surface area contributed by atoms with Crippen LogP contribution in [0.1, 0.15) is 129 Å². The molecule has 0 bridgehead atoms. The summed E-state index contributed by atoms with van der Waals surface area (Å²) < 4.78 is 2.36. The van der Waals surface area contributed by atoms with E-state index in [1.54, 1.807) is 0 Å². The summed E-state index contributed by atoms with van der Waals surface area (Å²) >= 11 is 0. The zero-order valence-electron chi connectivity index (χ0n) is 34.8. The first-order chi connectivity index (χ1) is 25.9. The molecule has 2 heterocycles. The van der Waals surface area contributed by atoms with Gasteiger partial charge in [0.2, 0.25) is 0 Å². The zero-order valence-corrected chi connectivity index (χ0v) is 34.8. The topological polar surface area (TPSA) is 50.9 Å². The molecule has 0 amide bonds. The summed E-state index contributed by atoms with van der Waals surface area (Å²) in [4.78, 5) is 10.8. The Morgan fingerprint density at radius 3 is 1.87 bits per heavy atom. The molecule has 1 N–H and O–H groups in total. The molecule has 0 saturated heterocycles. The fourth-order valence-electron chi connectivity index (χ4n) is 7.83. The lowest BCUT2D eigenvalue weighted by Crippen LogP contribution is -2.17. The minimum absolute atomic E-state index is 0.145. The molecule has 5 aromatic carbocycles. The summed E-state index contributed by atoms with van der Waals surface area (Å²) in [5, 5.41) is 13.5. The van der Waals surface area contributed by atoms with Crippen LogP contribution >= 0.6 is 0 Å². The number of hydrogen-bond acceptors (Lipinski definition) is 3. The van der Waals surface area contributed by atoms with Gasteiger partial charge in [0.25, 0.3) is 0 Å². The van der Waals surface area contributed by atoms with E-state index in [2.05, 4.69) is 185 Å². The van der Waals surface area contributed by atoms with Gasteiger partial charge in [-0.2, -0.15) is 0 Å². The van der Waals surface area contributed by atoms with Crippen LogP contribution in [0.25, 0.3) is 61.4 Å². The Hall–Kier alpha value is -5.22. The maximum atomic E-state index is 12.4. The highest BCUT2D eigenvalue weighted by Crippen LogP contribution is 2.46. The monoisotopic (exact) mass is 727 g/mol. The lowest BCUT2D eigenvalue weighted by Gasteiger charge is -2.28. The second-order valence-corrected chi connectivity index (χ2v) is 18.3. The molecule has 0 spiro atoms. The zero-order chi connectivity index (χ0) is 39.6.